The number of hydrogen-bond donors (Lipinski definition) is 1. The number of pyridine rings is 1. The largest absolute Gasteiger partial charge is 0.337 e. The molecule has 144 valence electrons. The van der Waals surface area contributed by atoms with E-state index in [-0.39, 0.29) is 10.7 Å². The van der Waals surface area contributed by atoms with E-state index in [9.17, 15) is 12.8 Å². The average molecular weight is 397 g/mol. The highest BCUT2D eigenvalue weighted by molar-refractivity contribution is 7.92. The fraction of sp³-hybridized carbons (Fsp3) is 0.190. The van der Waals surface area contributed by atoms with Crippen molar-refractivity contribution in [2.24, 2.45) is 0 Å². The van der Waals surface area contributed by atoms with Crippen LogP contribution in [0, 0.1) is 12.7 Å². The molecular formula is C21H20FN3O2S. The molecule has 7 heteroatoms. The summed E-state index contributed by atoms with van der Waals surface area (Å²) in [7, 11) is -3.84. The number of nitrogens with one attached hydrogen (secondary N) is 1. The van der Waals surface area contributed by atoms with Crippen LogP contribution in [0.25, 0.3) is 0 Å². The van der Waals surface area contributed by atoms with Gasteiger partial charge in [0.2, 0.25) is 0 Å². The van der Waals surface area contributed by atoms with Crippen LogP contribution in [-0.2, 0) is 16.4 Å². The molecule has 0 amide bonds. The molecule has 5 nitrogen and oxygen atoms in total. The first-order valence-corrected chi connectivity index (χ1v) is 10.5. The van der Waals surface area contributed by atoms with Crippen molar-refractivity contribution >= 4 is 27.2 Å². The van der Waals surface area contributed by atoms with Gasteiger partial charge in [0.05, 0.1) is 16.8 Å². The number of fused-ring (bicyclic) bond motifs is 1. The van der Waals surface area contributed by atoms with Crippen molar-refractivity contribution < 1.29 is 12.8 Å². The average Bonchev–Trinajstić information content (AvgIpc) is 2.97. The van der Waals surface area contributed by atoms with Crippen LogP contribution in [0.3, 0.4) is 0 Å². The van der Waals surface area contributed by atoms with E-state index in [1.54, 1.807) is 19.2 Å². The third kappa shape index (κ3) is 3.33. The van der Waals surface area contributed by atoms with Crippen LogP contribution in [0.2, 0.25) is 0 Å². The Labute approximate surface area is 163 Å². The lowest BCUT2D eigenvalue weighted by Crippen LogP contribution is -2.24. The van der Waals surface area contributed by atoms with Gasteiger partial charge in [0, 0.05) is 11.7 Å². The van der Waals surface area contributed by atoms with Gasteiger partial charge in [-0.15, -0.1) is 0 Å². The maximum atomic E-state index is 13.3. The Morgan fingerprint density at radius 2 is 1.93 bits per heavy atom. The number of benzene rings is 2. The zero-order valence-electron chi connectivity index (χ0n) is 15.6. The first-order chi connectivity index (χ1) is 13.3. The molecular weight excluding hydrogens is 377 g/mol. The molecule has 4 rings (SSSR count). The fourth-order valence-electron chi connectivity index (χ4n) is 3.65. The monoisotopic (exact) mass is 397 g/mol. The Morgan fingerprint density at radius 1 is 1.14 bits per heavy atom. The van der Waals surface area contributed by atoms with Crippen LogP contribution < -0.4 is 9.62 Å². The number of aromatic nitrogens is 1. The number of aryl methyl sites for hydroxylation is 1. The lowest BCUT2D eigenvalue weighted by Gasteiger charge is -2.24. The minimum atomic E-state index is -3.84. The first-order valence-electron chi connectivity index (χ1n) is 8.97. The molecule has 1 aromatic heterocycles. The molecule has 2 aromatic carbocycles. The highest BCUT2D eigenvalue weighted by Gasteiger charge is 2.27. The van der Waals surface area contributed by atoms with Crippen LogP contribution in [0.15, 0.2) is 65.7 Å². The molecule has 0 aliphatic carbocycles. The van der Waals surface area contributed by atoms with Crippen LogP contribution in [-0.4, -0.2) is 19.4 Å². The number of rotatable bonds is 4. The van der Waals surface area contributed by atoms with Gasteiger partial charge in [-0.3, -0.25) is 4.72 Å². The number of hydrogen-bond acceptors (Lipinski definition) is 4. The molecule has 2 heterocycles. The second-order valence-electron chi connectivity index (χ2n) is 6.97. The Balaban J connectivity index is 1.59. The van der Waals surface area contributed by atoms with Gasteiger partial charge in [-0.05, 0) is 67.8 Å². The number of anilines is 3. The molecule has 0 saturated carbocycles. The highest BCUT2D eigenvalue weighted by atomic mass is 32.2. The van der Waals surface area contributed by atoms with Gasteiger partial charge >= 0.3 is 0 Å². The van der Waals surface area contributed by atoms with Crippen molar-refractivity contribution in [2.75, 3.05) is 9.62 Å². The number of halogens is 1. The molecule has 3 aromatic rings. The summed E-state index contributed by atoms with van der Waals surface area (Å²) in [4.78, 5) is 6.51. The normalized spacial score (nSPS) is 16.1. The van der Waals surface area contributed by atoms with Gasteiger partial charge < -0.3 is 4.90 Å². The minimum absolute atomic E-state index is 0.0295. The van der Waals surface area contributed by atoms with Crippen molar-refractivity contribution in [3.8, 4) is 0 Å². The summed E-state index contributed by atoms with van der Waals surface area (Å²) >= 11 is 0. The lowest BCUT2D eigenvalue weighted by atomic mass is 10.1. The van der Waals surface area contributed by atoms with Gasteiger partial charge in [0.1, 0.15) is 11.6 Å². The van der Waals surface area contributed by atoms with Gasteiger partial charge in [-0.25, -0.2) is 17.8 Å². The number of nitrogens with zero attached hydrogens (tertiary/aromatic N) is 2. The maximum Gasteiger partial charge on any atom is 0.263 e. The number of para-hydroxylation sites is 1. The number of sulfonamides is 1. The van der Waals surface area contributed by atoms with Crippen molar-refractivity contribution in [3.05, 3.63) is 77.7 Å². The van der Waals surface area contributed by atoms with Gasteiger partial charge in [0.25, 0.3) is 10.0 Å². The van der Waals surface area contributed by atoms with Crippen LogP contribution >= 0.6 is 0 Å². The molecule has 1 aliphatic rings. The molecule has 1 N–H and O–H groups in total. The molecule has 28 heavy (non-hydrogen) atoms. The maximum absolute atomic E-state index is 13.3. The van der Waals surface area contributed by atoms with E-state index in [2.05, 4.69) is 33.7 Å². The Morgan fingerprint density at radius 3 is 2.64 bits per heavy atom. The van der Waals surface area contributed by atoms with E-state index in [0.29, 0.717) is 11.6 Å². The summed E-state index contributed by atoms with van der Waals surface area (Å²) < 4.78 is 40.9. The molecule has 1 aliphatic heterocycles. The Hall–Kier alpha value is -2.93. The van der Waals surface area contributed by atoms with E-state index < -0.39 is 15.8 Å². The van der Waals surface area contributed by atoms with Crippen molar-refractivity contribution in [1.29, 1.82) is 0 Å². The predicted octanol–water partition coefficient (Wildman–Crippen LogP) is 4.41. The van der Waals surface area contributed by atoms with E-state index >= 15 is 0 Å². The second-order valence-corrected chi connectivity index (χ2v) is 8.62. The zero-order chi connectivity index (χ0) is 19.9. The SMILES string of the molecule is Cc1cc(F)ccc1S(=O)(=O)Nc1ccc(N2c3ccccc3CC2C)cn1. The van der Waals surface area contributed by atoms with Crippen molar-refractivity contribution in [2.45, 2.75) is 31.2 Å². The topological polar surface area (TPSA) is 62.3 Å². The lowest BCUT2D eigenvalue weighted by molar-refractivity contribution is 0.598. The molecule has 0 spiro atoms. The van der Waals surface area contributed by atoms with Crippen LogP contribution in [0.4, 0.5) is 21.6 Å². The van der Waals surface area contributed by atoms with Crippen molar-refractivity contribution in [1.82, 2.24) is 4.98 Å². The predicted molar refractivity (Wildman–Crippen MR) is 108 cm³/mol. The van der Waals surface area contributed by atoms with E-state index in [0.717, 1.165) is 23.9 Å². The van der Waals surface area contributed by atoms with Crippen LogP contribution in [0.5, 0.6) is 0 Å². The summed E-state index contributed by atoms with van der Waals surface area (Å²) in [6, 6.07) is 15.6. The molecule has 0 fully saturated rings. The summed E-state index contributed by atoms with van der Waals surface area (Å²) in [6.07, 6.45) is 2.61. The molecule has 0 radical (unpaired) electrons. The van der Waals surface area contributed by atoms with Gasteiger partial charge in [-0.2, -0.15) is 0 Å². The van der Waals surface area contributed by atoms with E-state index in [1.807, 2.05) is 18.2 Å². The third-order valence-corrected chi connectivity index (χ3v) is 6.41. The smallest absolute Gasteiger partial charge is 0.263 e. The summed E-state index contributed by atoms with van der Waals surface area (Å²) in [5.41, 5.74) is 3.67. The summed E-state index contributed by atoms with van der Waals surface area (Å²) in [6.45, 7) is 3.70. The molecule has 1 atom stereocenters. The second kappa shape index (κ2) is 6.91. The van der Waals surface area contributed by atoms with E-state index in [4.69, 9.17) is 0 Å². The highest BCUT2D eigenvalue weighted by Crippen LogP contribution is 2.37. The Bertz CT molecular complexity index is 1130. The third-order valence-electron chi connectivity index (χ3n) is 4.90. The summed E-state index contributed by atoms with van der Waals surface area (Å²) in [5, 5.41) is 0. The molecule has 0 bridgehead atoms. The van der Waals surface area contributed by atoms with E-state index in [1.165, 1.54) is 17.7 Å². The minimum Gasteiger partial charge on any atom is -0.337 e. The van der Waals surface area contributed by atoms with Gasteiger partial charge in [0.15, 0.2) is 0 Å². The Kier molecular flexibility index (Phi) is 4.55. The standard InChI is InChI=1S/C21H20FN3O2S/c1-14-11-17(22)7-9-20(14)28(26,27)24-21-10-8-18(13-23-21)25-15(2)12-16-5-3-4-6-19(16)25/h3-11,13,15H,12H2,1-2H3,(H,23,24). The van der Waals surface area contributed by atoms with Gasteiger partial charge in [-0.1, -0.05) is 18.2 Å². The van der Waals surface area contributed by atoms with Crippen LogP contribution in [0.1, 0.15) is 18.1 Å². The fourth-order valence-corrected chi connectivity index (χ4v) is 4.89. The first kappa shape index (κ1) is 18.4. The van der Waals surface area contributed by atoms with Crippen molar-refractivity contribution in [3.63, 3.8) is 0 Å². The quantitative estimate of drug-likeness (QED) is 0.708. The zero-order valence-corrected chi connectivity index (χ0v) is 16.4. The molecule has 0 saturated heterocycles. The summed E-state index contributed by atoms with van der Waals surface area (Å²) in [5.74, 6) is -0.258. The molecule has 1 unspecified atom stereocenters.